The van der Waals surface area contributed by atoms with E-state index in [1.165, 1.54) is 6.21 Å². The molecular weight excluding hydrogens is 374 g/mol. The van der Waals surface area contributed by atoms with E-state index in [-0.39, 0.29) is 10.9 Å². The number of rotatable bonds is 5. The van der Waals surface area contributed by atoms with E-state index in [0.717, 1.165) is 17.0 Å². The van der Waals surface area contributed by atoms with E-state index < -0.39 is 0 Å². The van der Waals surface area contributed by atoms with Gasteiger partial charge in [-0.25, -0.2) is 4.68 Å². The summed E-state index contributed by atoms with van der Waals surface area (Å²) in [5, 5.41) is 15.8. The number of hydrogen-bond donors (Lipinski definition) is 1. The quantitative estimate of drug-likeness (QED) is 0.417. The minimum absolute atomic E-state index is 0.277. The molecule has 8 heteroatoms. The Morgan fingerprint density at radius 2 is 1.79 bits per heavy atom. The van der Waals surface area contributed by atoms with Crippen LogP contribution >= 0.6 is 11.3 Å². The van der Waals surface area contributed by atoms with Crippen molar-refractivity contribution in [1.82, 2.24) is 9.78 Å². The number of aromatic nitrogens is 2. The molecule has 1 N–H and O–H groups in total. The maximum atomic E-state index is 12.6. The Labute approximate surface area is 164 Å². The van der Waals surface area contributed by atoms with Crippen LogP contribution in [-0.4, -0.2) is 21.9 Å². The number of benzene rings is 2. The first kappa shape index (κ1) is 17.6. The minimum atomic E-state index is -0.308. The number of para-hydroxylation sites is 2. The van der Waals surface area contributed by atoms with Gasteiger partial charge >= 0.3 is 0 Å². The van der Waals surface area contributed by atoms with E-state index >= 15 is 0 Å². The molecule has 4 rings (SSSR count). The molecule has 0 unspecified atom stereocenters. The smallest absolute Gasteiger partial charge is 0.286 e. The summed E-state index contributed by atoms with van der Waals surface area (Å²) in [4.78, 5) is 13.1. The molecule has 0 saturated heterocycles. The lowest BCUT2D eigenvalue weighted by atomic mass is 10.3. The molecule has 0 atom stereocenters. The third-order valence-corrected chi connectivity index (χ3v) is 4.56. The molecule has 0 saturated carbocycles. The summed E-state index contributed by atoms with van der Waals surface area (Å²) in [7, 11) is 0. The molecule has 138 valence electrons. The van der Waals surface area contributed by atoms with Gasteiger partial charge in [-0.2, -0.15) is 5.10 Å². The number of carbonyl (C=O) groups excluding carboxylic acids is 1. The van der Waals surface area contributed by atoms with Gasteiger partial charge in [0.25, 0.3) is 5.91 Å². The Kier molecular flexibility index (Phi) is 5.21. The number of carbonyl (C=O) groups is 1. The van der Waals surface area contributed by atoms with E-state index in [1.54, 1.807) is 23.1 Å². The molecule has 0 aliphatic heterocycles. The molecular formula is C20H15N5O2S. The molecule has 0 bridgehead atoms. The average Bonchev–Trinajstić information content (AvgIpc) is 3.40. The van der Waals surface area contributed by atoms with Crippen molar-refractivity contribution in [2.75, 3.05) is 5.32 Å². The van der Waals surface area contributed by atoms with Crippen LogP contribution in [0, 0.1) is 0 Å². The topological polar surface area (TPSA) is 84.8 Å². The molecule has 4 aromatic rings. The van der Waals surface area contributed by atoms with Crippen LogP contribution in [0.25, 0.3) is 5.69 Å². The lowest BCUT2D eigenvalue weighted by Crippen LogP contribution is -2.15. The molecule has 0 aliphatic rings. The largest absolute Gasteiger partial charge is 0.463 e. The highest BCUT2D eigenvalue weighted by Crippen LogP contribution is 2.11. The van der Waals surface area contributed by atoms with Crippen LogP contribution in [0.5, 0.6) is 0 Å². The molecule has 0 spiro atoms. The van der Waals surface area contributed by atoms with Crippen LogP contribution < -0.4 is 10.1 Å². The number of nitrogens with zero attached hydrogens (tertiary/aromatic N) is 4. The Morgan fingerprint density at radius 3 is 2.50 bits per heavy atom. The van der Waals surface area contributed by atoms with Gasteiger partial charge in [0.2, 0.25) is 9.81 Å². The first-order valence-corrected chi connectivity index (χ1v) is 9.24. The van der Waals surface area contributed by atoms with Crippen molar-refractivity contribution >= 4 is 29.1 Å². The van der Waals surface area contributed by atoms with Crippen LogP contribution in [0.3, 0.4) is 0 Å². The number of amides is 1. The van der Waals surface area contributed by atoms with Crippen molar-refractivity contribution < 1.29 is 9.21 Å². The maximum Gasteiger partial charge on any atom is 0.286 e. The van der Waals surface area contributed by atoms with Crippen molar-refractivity contribution in [1.29, 1.82) is 0 Å². The second-order valence-electron chi connectivity index (χ2n) is 5.62. The van der Waals surface area contributed by atoms with E-state index in [1.807, 2.05) is 60.7 Å². The zero-order valence-corrected chi connectivity index (χ0v) is 15.4. The number of nitrogens with one attached hydrogen (secondary N) is 1. The molecule has 0 fully saturated rings. The summed E-state index contributed by atoms with van der Waals surface area (Å²) in [5.74, 6) is 0.277. The van der Waals surface area contributed by atoms with E-state index in [4.69, 9.17) is 4.42 Å². The van der Waals surface area contributed by atoms with Gasteiger partial charge in [0, 0.05) is 5.69 Å². The molecule has 1 amide bonds. The van der Waals surface area contributed by atoms with Crippen LogP contribution in [0.4, 0.5) is 5.69 Å². The highest BCUT2D eigenvalue weighted by molar-refractivity contribution is 7.11. The Morgan fingerprint density at radius 1 is 1.04 bits per heavy atom. The fourth-order valence-corrected chi connectivity index (χ4v) is 3.14. The van der Waals surface area contributed by atoms with Crippen LogP contribution in [0.1, 0.15) is 15.6 Å². The molecule has 2 aromatic carbocycles. The second kappa shape index (κ2) is 8.28. The Bertz CT molecular complexity index is 1150. The SMILES string of the molecule is O=C(Nc1ccccc1)c1nn(-c2ccccc2)/c(=N/N=C/c2ccco2)s1. The van der Waals surface area contributed by atoms with Crippen molar-refractivity contribution in [3.63, 3.8) is 0 Å². The summed E-state index contributed by atoms with van der Waals surface area (Å²) in [6.07, 6.45) is 3.06. The van der Waals surface area contributed by atoms with Gasteiger partial charge in [-0.05, 0) is 36.4 Å². The van der Waals surface area contributed by atoms with E-state index in [2.05, 4.69) is 20.6 Å². The molecule has 0 radical (unpaired) electrons. The fourth-order valence-electron chi connectivity index (χ4n) is 2.38. The monoisotopic (exact) mass is 389 g/mol. The number of furan rings is 1. The van der Waals surface area contributed by atoms with Gasteiger partial charge in [-0.3, -0.25) is 4.79 Å². The highest BCUT2D eigenvalue weighted by Gasteiger charge is 2.14. The van der Waals surface area contributed by atoms with E-state index in [0.29, 0.717) is 16.2 Å². The standard InChI is InChI=1S/C20H15N5O2S/c26-18(22-15-8-3-1-4-9-15)19-24-25(16-10-5-2-6-11-16)20(28-19)23-21-14-17-12-7-13-27-17/h1-14H,(H,22,26)/b21-14+,23-20-. The summed E-state index contributed by atoms with van der Waals surface area (Å²) in [6.45, 7) is 0. The Hall–Kier alpha value is -3.78. The lowest BCUT2D eigenvalue weighted by Gasteiger charge is -2.01. The first-order valence-electron chi connectivity index (χ1n) is 8.42. The van der Waals surface area contributed by atoms with Gasteiger partial charge in [0.15, 0.2) is 0 Å². The maximum absolute atomic E-state index is 12.6. The summed E-state index contributed by atoms with van der Waals surface area (Å²) >= 11 is 1.15. The minimum Gasteiger partial charge on any atom is -0.463 e. The van der Waals surface area contributed by atoms with Crippen molar-refractivity contribution in [2.45, 2.75) is 0 Å². The van der Waals surface area contributed by atoms with Crippen molar-refractivity contribution in [3.8, 4) is 5.69 Å². The molecule has 2 aromatic heterocycles. The van der Waals surface area contributed by atoms with Gasteiger partial charge in [-0.15, -0.1) is 10.2 Å². The van der Waals surface area contributed by atoms with Crippen molar-refractivity contribution in [3.05, 3.63) is 94.6 Å². The third-order valence-electron chi connectivity index (χ3n) is 3.66. The molecule has 7 nitrogen and oxygen atoms in total. The molecule has 2 heterocycles. The van der Waals surface area contributed by atoms with Crippen LogP contribution in [-0.2, 0) is 0 Å². The fraction of sp³-hybridized carbons (Fsp3) is 0. The predicted octanol–water partition coefficient (Wildman–Crippen LogP) is 3.71. The molecule has 0 aliphatic carbocycles. The summed E-state index contributed by atoms with van der Waals surface area (Å²) < 4.78 is 6.79. The van der Waals surface area contributed by atoms with Crippen LogP contribution in [0.15, 0.2) is 93.7 Å². The average molecular weight is 389 g/mol. The number of anilines is 1. The van der Waals surface area contributed by atoms with Crippen LogP contribution in [0.2, 0.25) is 0 Å². The lowest BCUT2D eigenvalue weighted by molar-refractivity contribution is 0.102. The summed E-state index contributed by atoms with van der Waals surface area (Å²) in [6, 6.07) is 22.2. The van der Waals surface area contributed by atoms with Gasteiger partial charge < -0.3 is 9.73 Å². The third kappa shape index (κ3) is 4.13. The predicted molar refractivity (Wildman–Crippen MR) is 108 cm³/mol. The zero-order valence-electron chi connectivity index (χ0n) is 14.6. The zero-order chi connectivity index (χ0) is 19.2. The molecule has 28 heavy (non-hydrogen) atoms. The van der Waals surface area contributed by atoms with E-state index in [9.17, 15) is 4.79 Å². The Balaban J connectivity index is 1.68. The number of hydrogen-bond acceptors (Lipinski definition) is 6. The highest BCUT2D eigenvalue weighted by atomic mass is 32.1. The first-order chi connectivity index (χ1) is 13.8. The van der Waals surface area contributed by atoms with Gasteiger partial charge in [0.05, 0.1) is 18.2 Å². The van der Waals surface area contributed by atoms with Gasteiger partial charge in [-0.1, -0.05) is 47.7 Å². The van der Waals surface area contributed by atoms with Gasteiger partial charge in [0.1, 0.15) is 5.76 Å². The second-order valence-corrected chi connectivity index (χ2v) is 6.57. The van der Waals surface area contributed by atoms with Crippen molar-refractivity contribution in [2.24, 2.45) is 10.2 Å². The summed E-state index contributed by atoms with van der Waals surface area (Å²) in [5.41, 5.74) is 1.48. The normalized spacial score (nSPS) is 11.8.